The van der Waals surface area contributed by atoms with Crippen molar-refractivity contribution in [1.29, 1.82) is 0 Å². The van der Waals surface area contributed by atoms with Crippen LogP contribution in [0.2, 0.25) is 0 Å². The van der Waals surface area contributed by atoms with Crippen LogP contribution in [0.1, 0.15) is 18.1 Å². The quantitative estimate of drug-likeness (QED) is 0.658. The highest BCUT2D eigenvalue weighted by Crippen LogP contribution is 2.26. The van der Waals surface area contributed by atoms with Gasteiger partial charge in [0.25, 0.3) is 0 Å². The Labute approximate surface area is 129 Å². The van der Waals surface area contributed by atoms with Crippen LogP contribution in [0.15, 0.2) is 53.6 Å². The minimum absolute atomic E-state index is 0.0622. The molecule has 0 bridgehead atoms. The van der Waals surface area contributed by atoms with Crippen molar-refractivity contribution in [3.8, 4) is 11.5 Å². The number of aromatic hydroxyl groups is 1. The van der Waals surface area contributed by atoms with Crippen molar-refractivity contribution in [1.82, 2.24) is 5.43 Å². The second kappa shape index (κ2) is 7.26. The van der Waals surface area contributed by atoms with E-state index < -0.39 is 0 Å². The molecule has 5 heteroatoms. The lowest BCUT2D eigenvalue weighted by molar-refractivity contribution is -0.120. The van der Waals surface area contributed by atoms with E-state index in [9.17, 15) is 9.90 Å². The van der Waals surface area contributed by atoms with Gasteiger partial charge in [0, 0.05) is 5.56 Å². The highest BCUT2D eigenvalue weighted by molar-refractivity contribution is 5.99. The molecule has 2 rings (SSSR count). The number of nitrogens with zero attached hydrogens (tertiary/aromatic N) is 1. The van der Waals surface area contributed by atoms with Crippen LogP contribution in [0.25, 0.3) is 0 Å². The Balaban J connectivity index is 2.02. The number of amides is 1. The van der Waals surface area contributed by atoms with E-state index >= 15 is 0 Å². The maximum atomic E-state index is 11.8. The molecule has 5 nitrogen and oxygen atoms in total. The molecule has 0 saturated carbocycles. The second-order valence-electron chi connectivity index (χ2n) is 4.78. The van der Waals surface area contributed by atoms with Gasteiger partial charge in [0.15, 0.2) is 11.5 Å². The van der Waals surface area contributed by atoms with E-state index in [1.165, 1.54) is 13.2 Å². The molecule has 0 unspecified atom stereocenters. The zero-order chi connectivity index (χ0) is 15.9. The zero-order valence-electron chi connectivity index (χ0n) is 12.5. The topological polar surface area (TPSA) is 70.9 Å². The predicted molar refractivity (Wildman–Crippen MR) is 85.2 cm³/mol. The van der Waals surface area contributed by atoms with Crippen LogP contribution in [0.4, 0.5) is 0 Å². The van der Waals surface area contributed by atoms with Crippen LogP contribution in [-0.2, 0) is 11.2 Å². The fourth-order valence-electron chi connectivity index (χ4n) is 1.93. The van der Waals surface area contributed by atoms with Crippen LogP contribution in [-0.4, -0.2) is 23.8 Å². The number of methoxy groups -OCH3 is 1. The number of hydrogen-bond donors (Lipinski definition) is 2. The number of carbonyl (C=O) groups is 1. The molecule has 0 aliphatic carbocycles. The fourth-order valence-corrected chi connectivity index (χ4v) is 1.93. The lowest BCUT2D eigenvalue weighted by Gasteiger charge is -2.07. The van der Waals surface area contributed by atoms with Crippen molar-refractivity contribution in [2.75, 3.05) is 7.11 Å². The minimum atomic E-state index is -0.184. The van der Waals surface area contributed by atoms with Crippen molar-refractivity contribution in [3.63, 3.8) is 0 Å². The van der Waals surface area contributed by atoms with Crippen LogP contribution in [0, 0.1) is 0 Å². The van der Waals surface area contributed by atoms with E-state index in [4.69, 9.17) is 4.74 Å². The van der Waals surface area contributed by atoms with E-state index in [0.717, 1.165) is 11.1 Å². The van der Waals surface area contributed by atoms with Crippen molar-refractivity contribution in [2.45, 2.75) is 13.3 Å². The first kappa shape index (κ1) is 15.6. The molecule has 0 aliphatic heterocycles. The van der Waals surface area contributed by atoms with Gasteiger partial charge in [-0.2, -0.15) is 5.10 Å². The number of benzene rings is 2. The lowest BCUT2D eigenvalue weighted by atomic mass is 10.1. The normalized spacial score (nSPS) is 11.1. The molecule has 0 saturated heterocycles. The third-order valence-corrected chi connectivity index (χ3v) is 3.15. The molecule has 22 heavy (non-hydrogen) atoms. The largest absolute Gasteiger partial charge is 0.504 e. The zero-order valence-corrected chi connectivity index (χ0v) is 12.5. The molecule has 0 aromatic heterocycles. The Morgan fingerprint density at radius 2 is 1.95 bits per heavy atom. The first-order valence-corrected chi connectivity index (χ1v) is 6.84. The van der Waals surface area contributed by atoms with Gasteiger partial charge >= 0.3 is 0 Å². The summed E-state index contributed by atoms with van der Waals surface area (Å²) in [7, 11) is 1.48. The van der Waals surface area contributed by atoms with Gasteiger partial charge < -0.3 is 9.84 Å². The minimum Gasteiger partial charge on any atom is -0.504 e. The average molecular weight is 298 g/mol. The number of phenolic OH excluding ortho intramolecular Hbond substituents is 1. The van der Waals surface area contributed by atoms with Gasteiger partial charge in [-0.3, -0.25) is 4.79 Å². The molecule has 0 atom stereocenters. The summed E-state index contributed by atoms with van der Waals surface area (Å²) in [5, 5.41) is 13.6. The van der Waals surface area contributed by atoms with Gasteiger partial charge in [-0.15, -0.1) is 0 Å². The summed E-state index contributed by atoms with van der Waals surface area (Å²) in [6, 6.07) is 14.4. The first-order chi connectivity index (χ1) is 10.6. The van der Waals surface area contributed by atoms with E-state index in [0.29, 0.717) is 11.5 Å². The Kier molecular flexibility index (Phi) is 5.14. The standard InChI is InChI=1S/C17H18N2O3/c1-12(14-8-9-15(20)16(11-14)22-2)18-19-17(21)10-13-6-4-3-5-7-13/h3-9,11,20H,10H2,1-2H3,(H,19,21). The summed E-state index contributed by atoms with van der Waals surface area (Å²) in [6.07, 6.45) is 0.274. The molecule has 1 amide bonds. The number of nitrogens with one attached hydrogen (secondary N) is 1. The summed E-state index contributed by atoms with van der Waals surface area (Å²) in [4.78, 5) is 11.8. The summed E-state index contributed by atoms with van der Waals surface area (Å²) in [6.45, 7) is 1.77. The fraction of sp³-hybridized carbons (Fsp3) is 0.176. The first-order valence-electron chi connectivity index (χ1n) is 6.84. The van der Waals surface area contributed by atoms with Crippen molar-refractivity contribution < 1.29 is 14.6 Å². The second-order valence-corrected chi connectivity index (χ2v) is 4.78. The number of phenols is 1. The summed E-state index contributed by atoms with van der Waals surface area (Å²) >= 11 is 0. The maximum Gasteiger partial charge on any atom is 0.244 e. The molecular weight excluding hydrogens is 280 g/mol. The molecule has 0 aliphatic rings. The van der Waals surface area contributed by atoms with Gasteiger partial charge in [0.2, 0.25) is 5.91 Å². The van der Waals surface area contributed by atoms with Gasteiger partial charge in [-0.25, -0.2) is 5.43 Å². The van der Waals surface area contributed by atoms with Crippen molar-refractivity contribution in [2.24, 2.45) is 5.10 Å². The van der Waals surface area contributed by atoms with Crippen LogP contribution in [0.5, 0.6) is 11.5 Å². The van der Waals surface area contributed by atoms with Gasteiger partial charge in [0.05, 0.1) is 19.2 Å². The van der Waals surface area contributed by atoms with Crippen molar-refractivity contribution in [3.05, 3.63) is 59.7 Å². The number of hydrogen-bond acceptors (Lipinski definition) is 4. The summed E-state index contributed by atoms with van der Waals surface area (Å²) < 4.78 is 5.05. The summed E-state index contributed by atoms with van der Waals surface area (Å²) in [5.74, 6) is 0.242. The molecule has 2 N–H and O–H groups in total. The molecule has 114 valence electrons. The third-order valence-electron chi connectivity index (χ3n) is 3.15. The Bertz CT molecular complexity index is 682. The van der Waals surface area contributed by atoms with E-state index in [1.54, 1.807) is 19.1 Å². The van der Waals surface area contributed by atoms with Gasteiger partial charge in [-0.05, 0) is 30.7 Å². The van der Waals surface area contributed by atoms with Crippen molar-refractivity contribution >= 4 is 11.6 Å². The molecular formula is C17H18N2O3. The molecule has 0 spiro atoms. The van der Waals surface area contributed by atoms with Crippen LogP contribution < -0.4 is 10.2 Å². The number of rotatable bonds is 5. The van der Waals surface area contributed by atoms with E-state index in [2.05, 4.69) is 10.5 Å². The third kappa shape index (κ3) is 4.09. The molecule has 0 fully saturated rings. The van der Waals surface area contributed by atoms with Crippen LogP contribution in [0.3, 0.4) is 0 Å². The van der Waals surface area contributed by atoms with Gasteiger partial charge in [0.1, 0.15) is 0 Å². The Hall–Kier alpha value is -2.82. The summed E-state index contributed by atoms with van der Waals surface area (Å²) in [5.41, 5.74) is 4.84. The molecule has 2 aromatic carbocycles. The number of ether oxygens (including phenoxy) is 1. The Morgan fingerprint density at radius 1 is 1.23 bits per heavy atom. The average Bonchev–Trinajstić information content (AvgIpc) is 2.54. The van der Waals surface area contributed by atoms with E-state index in [1.807, 2.05) is 30.3 Å². The molecule has 0 radical (unpaired) electrons. The molecule has 0 heterocycles. The van der Waals surface area contributed by atoms with E-state index in [-0.39, 0.29) is 18.1 Å². The SMILES string of the molecule is COc1cc(C(C)=NNC(=O)Cc2ccccc2)ccc1O. The highest BCUT2D eigenvalue weighted by Gasteiger charge is 2.06. The smallest absolute Gasteiger partial charge is 0.244 e. The van der Waals surface area contributed by atoms with Gasteiger partial charge in [-0.1, -0.05) is 30.3 Å². The molecule has 2 aromatic rings. The van der Waals surface area contributed by atoms with Crippen LogP contribution >= 0.6 is 0 Å². The highest BCUT2D eigenvalue weighted by atomic mass is 16.5. The lowest BCUT2D eigenvalue weighted by Crippen LogP contribution is -2.21. The maximum absolute atomic E-state index is 11.8. The monoisotopic (exact) mass is 298 g/mol. The Morgan fingerprint density at radius 3 is 2.64 bits per heavy atom. The number of carbonyl (C=O) groups excluding carboxylic acids is 1. The predicted octanol–water partition coefficient (Wildman–Crippen LogP) is 2.48. The number of hydrazone groups is 1.